The van der Waals surface area contributed by atoms with E-state index >= 15 is 0 Å². The normalized spacial score (nSPS) is 23.2. The number of unbranched alkanes of at least 4 members (excludes halogenated alkanes) is 4. The monoisotopic (exact) mass is 264 g/mol. The van der Waals surface area contributed by atoms with E-state index in [1.54, 1.807) is 0 Å². The van der Waals surface area contributed by atoms with Crippen molar-refractivity contribution < 1.29 is 19.1 Å². The van der Waals surface area contributed by atoms with Gasteiger partial charge in [0.15, 0.2) is 0 Å². The lowest BCUT2D eigenvalue weighted by Gasteiger charge is -1.97. The first-order valence-corrected chi connectivity index (χ1v) is 6.99. The molecule has 4 heteroatoms. The van der Waals surface area contributed by atoms with Gasteiger partial charge in [0, 0.05) is 24.0 Å². The Balaban J connectivity index is 1.55. The highest BCUT2D eigenvalue weighted by Gasteiger charge is 2.18. The predicted molar refractivity (Wildman–Crippen MR) is 70.4 cm³/mol. The minimum Gasteiger partial charge on any atom is -0.462 e. The summed E-state index contributed by atoms with van der Waals surface area (Å²) in [5, 5.41) is 0. The van der Waals surface area contributed by atoms with Crippen molar-refractivity contribution in [3.05, 3.63) is 23.3 Å². The molecule has 2 aliphatic heterocycles. The Morgan fingerprint density at radius 1 is 0.789 bits per heavy atom. The number of allylic oxidation sites excluding steroid dienone is 2. The van der Waals surface area contributed by atoms with E-state index in [-0.39, 0.29) is 11.9 Å². The molecule has 104 valence electrons. The van der Waals surface area contributed by atoms with Crippen LogP contribution >= 0.6 is 0 Å². The molecule has 0 atom stereocenters. The van der Waals surface area contributed by atoms with Crippen LogP contribution < -0.4 is 0 Å². The van der Waals surface area contributed by atoms with Gasteiger partial charge < -0.3 is 9.47 Å². The molecule has 2 aliphatic rings. The molecule has 2 heterocycles. The van der Waals surface area contributed by atoms with Crippen molar-refractivity contribution in [2.45, 2.75) is 44.9 Å². The first-order chi connectivity index (χ1) is 9.27. The van der Waals surface area contributed by atoms with Gasteiger partial charge in [-0.05, 0) is 25.7 Å². The Morgan fingerprint density at radius 2 is 1.26 bits per heavy atom. The Morgan fingerprint density at radius 3 is 1.63 bits per heavy atom. The van der Waals surface area contributed by atoms with Crippen molar-refractivity contribution in [3.63, 3.8) is 0 Å². The van der Waals surface area contributed by atoms with E-state index in [0.717, 1.165) is 56.1 Å². The van der Waals surface area contributed by atoms with Crippen molar-refractivity contribution >= 4 is 11.9 Å². The maximum atomic E-state index is 11.2. The molecule has 0 aromatic rings. The average Bonchev–Trinajstić information content (AvgIpc) is 2.98. The van der Waals surface area contributed by atoms with Crippen LogP contribution in [-0.2, 0) is 19.1 Å². The zero-order valence-corrected chi connectivity index (χ0v) is 11.2. The molecule has 0 spiro atoms. The maximum Gasteiger partial charge on any atom is 0.333 e. The predicted octanol–water partition coefficient (Wildman–Crippen LogP) is 2.68. The third-order valence-corrected chi connectivity index (χ3v) is 3.42. The van der Waals surface area contributed by atoms with Crippen LogP contribution in [0.5, 0.6) is 0 Å². The fourth-order valence-corrected chi connectivity index (χ4v) is 2.29. The number of hydrogen-bond acceptors (Lipinski definition) is 4. The van der Waals surface area contributed by atoms with E-state index in [4.69, 9.17) is 9.47 Å². The number of esters is 2. The second-order valence-electron chi connectivity index (χ2n) is 4.87. The van der Waals surface area contributed by atoms with Crippen molar-refractivity contribution in [1.29, 1.82) is 0 Å². The van der Waals surface area contributed by atoms with Crippen LogP contribution in [-0.4, -0.2) is 25.2 Å². The van der Waals surface area contributed by atoms with Crippen LogP contribution in [0.25, 0.3) is 0 Å². The second-order valence-corrected chi connectivity index (χ2v) is 4.87. The summed E-state index contributed by atoms with van der Waals surface area (Å²) in [4.78, 5) is 22.4. The van der Waals surface area contributed by atoms with E-state index in [9.17, 15) is 9.59 Å². The van der Waals surface area contributed by atoms with Crippen molar-refractivity contribution in [3.8, 4) is 0 Å². The van der Waals surface area contributed by atoms with Gasteiger partial charge in [0.05, 0.1) is 13.2 Å². The van der Waals surface area contributed by atoms with Crippen LogP contribution in [0.2, 0.25) is 0 Å². The summed E-state index contributed by atoms with van der Waals surface area (Å²) >= 11 is 0. The van der Waals surface area contributed by atoms with Crippen LogP contribution in [0.3, 0.4) is 0 Å². The van der Waals surface area contributed by atoms with Gasteiger partial charge in [-0.2, -0.15) is 0 Å². The van der Waals surface area contributed by atoms with Gasteiger partial charge in [0.25, 0.3) is 0 Å². The molecule has 0 aromatic heterocycles. The number of carbonyl (C=O) groups excluding carboxylic acids is 2. The highest BCUT2D eigenvalue weighted by Crippen LogP contribution is 2.17. The van der Waals surface area contributed by atoms with E-state index in [2.05, 4.69) is 0 Å². The van der Waals surface area contributed by atoms with Crippen LogP contribution in [0.4, 0.5) is 0 Å². The molecule has 4 nitrogen and oxygen atoms in total. The highest BCUT2D eigenvalue weighted by atomic mass is 16.5. The fraction of sp³-hybridized carbons (Fsp3) is 0.600. The Bertz CT molecular complexity index is 368. The average molecular weight is 264 g/mol. The maximum absolute atomic E-state index is 11.2. The van der Waals surface area contributed by atoms with Crippen molar-refractivity contribution in [1.82, 2.24) is 0 Å². The van der Waals surface area contributed by atoms with E-state index < -0.39 is 0 Å². The molecule has 2 rings (SSSR count). The molecule has 0 bridgehead atoms. The van der Waals surface area contributed by atoms with Crippen LogP contribution in [0, 0.1) is 0 Å². The van der Waals surface area contributed by atoms with Gasteiger partial charge in [-0.15, -0.1) is 0 Å². The lowest BCUT2D eigenvalue weighted by Crippen LogP contribution is -1.94. The number of cyclic esters (lactones) is 2. The largest absolute Gasteiger partial charge is 0.462 e. The Labute approximate surface area is 113 Å². The van der Waals surface area contributed by atoms with Gasteiger partial charge in [0.1, 0.15) is 0 Å². The van der Waals surface area contributed by atoms with Gasteiger partial charge >= 0.3 is 11.9 Å². The molecule has 19 heavy (non-hydrogen) atoms. The minimum atomic E-state index is -0.149. The molecule has 0 aliphatic carbocycles. The third-order valence-electron chi connectivity index (χ3n) is 3.42. The summed E-state index contributed by atoms with van der Waals surface area (Å²) in [5.41, 5.74) is 1.66. The smallest absolute Gasteiger partial charge is 0.333 e. The summed E-state index contributed by atoms with van der Waals surface area (Å²) in [6, 6.07) is 0. The molecule has 0 N–H and O–H groups in total. The molecular weight excluding hydrogens is 244 g/mol. The quantitative estimate of drug-likeness (QED) is 0.420. The zero-order chi connectivity index (χ0) is 13.5. The molecule has 0 amide bonds. The Hall–Kier alpha value is -1.58. The van der Waals surface area contributed by atoms with Crippen LogP contribution in [0.15, 0.2) is 23.3 Å². The molecule has 0 unspecified atom stereocenters. The van der Waals surface area contributed by atoms with Crippen LogP contribution in [0.1, 0.15) is 44.9 Å². The topological polar surface area (TPSA) is 52.6 Å². The summed E-state index contributed by atoms with van der Waals surface area (Å²) in [6.45, 7) is 1.07. The van der Waals surface area contributed by atoms with Crippen molar-refractivity contribution in [2.75, 3.05) is 13.2 Å². The molecule has 0 aromatic carbocycles. The van der Waals surface area contributed by atoms with Gasteiger partial charge in [-0.3, -0.25) is 0 Å². The Kier molecular flexibility index (Phi) is 5.19. The first kappa shape index (κ1) is 13.8. The number of rotatable bonds is 6. The summed E-state index contributed by atoms with van der Waals surface area (Å²) in [5.74, 6) is -0.297. The number of ether oxygens (including phenoxy) is 2. The first-order valence-electron chi connectivity index (χ1n) is 6.99. The molecule has 0 saturated carbocycles. The second kappa shape index (κ2) is 7.12. The van der Waals surface area contributed by atoms with Gasteiger partial charge in [-0.1, -0.05) is 18.6 Å². The van der Waals surface area contributed by atoms with Crippen molar-refractivity contribution in [2.24, 2.45) is 0 Å². The highest BCUT2D eigenvalue weighted by molar-refractivity contribution is 5.90. The molecule has 2 fully saturated rings. The van der Waals surface area contributed by atoms with E-state index in [0.29, 0.717) is 13.2 Å². The van der Waals surface area contributed by atoms with E-state index in [1.807, 2.05) is 12.2 Å². The summed E-state index contributed by atoms with van der Waals surface area (Å²) in [6.07, 6.45) is 10.6. The standard InChI is InChI=1S/C15H20O4/c16-14-12(8-10-18-14)6-4-2-1-3-5-7-13-9-11-19-15(13)17/h6-7H,1-5,8-11H2/b12-6-,13-7-. The van der Waals surface area contributed by atoms with Gasteiger partial charge in [-0.25, -0.2) is 9.59 Å². The lowest BCUT2D eigenvalue weighted by atomic mass is 10.1. The third kappa shape index (κ3) is 4.23. The number of carbonyl (C=O) groups is 2. The van der Waals surface area contributed by atoms with Gasteiger partial charge in [0.2, 0.25) is 0 Å². The molecule has 0 radical (unpaired) electrons. The zero-order valence-electron chi connectivity index (χ0n) is 11.2. The SMILES string of the molecule is O=C1OCC/C1=C/CCCCC/C=C1/CCOC1=O. The molecular formula is C15H20O4. The minimum absolute atomic E-state index is 0.149. The fourth-order valence-electron chi connectivity index (χ4n) is 2.29. The summed E-state index contributed by atoms with van der Waals surface area (Å²) < 4.78 is 9.74. The molecule has 2 saturated heterocycles. The lowest BCUT2D eigenvalue weighted by molar-refractivity contribution is -0.135. The van der Waals surface area contributed by atoms with E-state index in [1.165, 1.54) is 0 Å². The number of hydrogen-bond donors (Lipinski definition) is 0. The summed E-state index contributed by atoms with van der Waals surface area (Å²) in [7, 11) is 0.